The third kappa shape index (κ3) is 3.03. The Labute approximate surface area is 118 Å². The zero-order valence-corrected chi connectivity index (χ0v) is 11.6. The molecule has 104 valence electrons. The van der Waals surface area contributed by atoms with E-state index < -0.39 is 6.10 Å². The van der Waals surface area contributed by atoms with Gasteiger partial charge >= 0.3 is 0 Å². The van der Waals surface area contributed by atoms with Crippen molar-refractivity contribution in [3.8, 4) is 0 Å². The minimum Gasteiger partial charge on any atom is -0.386 e. The van der Waals surface area contributed by atoms with Gasteiger partial charge in [0.2, 0.25) is 0 Å². The lowest BCUT2D eigenvalue weighted by atomic mass is 10.0. The number of rotatable bonds is 4. The van der Waals surface area contributed by atoms with Crippen LogP contribution in [0.4, 0.5) is 0 Å². The molecule has 1 N–H and O–H groups in total. The lowest BCUT2D eigenvalue weighted by molar-refractivity contribution is 0.0482. The molecule has 0 fully saturated rings. The second-order valence-electron chi connectivity index (χ2n) is 4.73. The van der Waals surface area contributed by atoms with Crippen LogP contribution in [0, 0.1) is 0 Å². The predicted octanol–water partition coefficient (Wildman–Crippen LogP) is 2.28. The SMILES string of the molecule is C[C@@H](C(O)c1ccccc1)N(C)C(=O)c1ccccn1. The Hall–Kier alpha value is -2.20. The van der Waals surface area contributed by atoms with E-state index in [4.69, 9.17) is 0 Å². The number of carbonyl (C=O) groups excluding carboxylic acids is 1. The second-order valence-corrected chi connectivity index (χ2v) is 4.73. The molecular weight excluding hydrogens is 252 g/mol. The molecule has 1 aromatic heterocycles. The number of pyridine rings is 1. The van der Waals surface area contributed by atoms with Gasteiger partial charge in [0.15, 0.2) is 0 Å². The zero-order valence-electron chi connectivity index (χ0n) is 11.6. The summed E-state index contributed by atoms with van der Waals surface area (Å²) in [7, 11) is 1.67. The van der Waals surface area contributed by atoms with Crippen molar-refractivity contribution in [1.82, 2.24) is 9.88 Å². The van der Waals surface area contributed by atoms with E-state index >= 15 is 0 Å². The van der Waals surface area contributed by atoms with E-state index in [0.29, 0.717) is 5.69 Å². The van der Waals surface area contributed by atoms with Gasteiger partial charge in [-0.15, -0.1) is 0 Å². The Kier molecular flexibility index (Phi) is 4.48. The molecule has 4 heteroatoms. The van der Waals surface area contributed by atoms with Gasteiger partial charge < -0.3 is 10.0 Å². The van der Waals surface area contributed by atoms with Crippen LogP contribution >= 0.6 is 0 Å². The molecule has 0 aliphatic rings. The number of aliphatic hydroxyl groups excluding tert-OH is 1. The Morgan fingerprint density at radius 3 is 2.40 bits per heavy atom. The first-order chi connectivity index (χ1) is 9.61. The van der Waals surface area contributed by atoms with Crippen molar-refractivity contribution in [1.29, 1.82) is 0 Å². The van der Waals surface area contributed by atoms with Gasteiger partial charge in [0, 0.05) is 13.2 Å². The van der Waals surface area contributed by atoms with Crippen molar-refractivity contribution in [3.05, 3.63) is 66.0 Å². The van der Waals surface area contributed by atoms with E-state index in [1.54, 1.807) is 31.4 Å². The van der Waals surface area contributed by atoms with Crippen LogP contribution in [0.1, 0.15) is 29.1 Å². The van der Waals surface area contributed by atoms with E-state index in [-0.39, 0.29) is 11.9 Å². The van der Waals surface area contributed by atoms with E-state index in [0.717, 1.165) is 5.56 Å². The molecule has 0 bridgehead atoms. The number of hydrogen-bond acceptors (Lipinski definition) is 3. The summed E-state index contributed by atoms with van der Waals surface area (Å²) < 4.78 is 0. The predicted molar refractivity (Wildman–Crippen MR) is 77.2 cm³/mol. The van der Waals surface area contributed by atoms with E-state index in [1.165, 1.54) is 4.90 Å². The number of benzene rings is 1. The maximum Gasteiger partial charge on any atom is 0.272 e. The fourth-order valence-electron chi connectivity index (χ4n) is 2.00. The van der Waals surface area contributed by atoms with Crippen molar-refractivity contribution < 1.29 is 9.90 Å². The van der Waals surface area contributed by atoms with E-state index in [9.17, 15) is 9.90 Å². The summed E-state index contributed by atoms with van der Waals surface area (Å²) in [5.74, 6) is -0.201. The second kappa shape index (κ2) is 6.30. The van der Waals surface area contributed by atoms with Crippen molar-refractivity contribution in [2.24, 2.45) is 0 Å². The summed E-state index contributed by atoms with van der Waals surface area (Å²) >= 11 is 0. The Morgan fingerprint density at radius 2 is 1.80 bits per heavy atom. The average molecular weight is 270 g/mol. The van der Waals surface area contributed by atoms with Gasteiger partial charge in [-0.2, -0.15) is 0 Å². The molecule has 2 aromatic rings. The van der Waals surface area contributed by atoms with E-state index in [2.05, 4.69) is 4.98 Å². The highest BCUT2D eigenvalue weighted by Gasteiger charge is 2.25. The van der Waals surface area contributed by atoms with E-state index in [1.807, 2.05) is 37.3 Å². The summed E-state index contributed by atoms with van der Waals surface area (Å²) in [6, 6.07) is 14.2. The first kappa shape index (κ1) is 14.2. The Bertz CT molecular complexity index is 557. The number of nitrogens with zero attached hydrogens (tertiary/aromatic N) is 2. The highest BCUT2D eigenvalue weighted by Crippen LogP contribution is 2.20. The molecule has 1 heterocycles. The van der Waals surface area contributed by atoms with Crippen molar-refractivity contribution in [2.75, 3.05) is 7.05 Å². The summed E-state index contributed by atoms with van der Waals surface area (Å²) in [6.07, 6.45) is 0.855. The van der Waals surface area contributed by atoms with Crippen LogP contribution in [0.25, 0.3) is 0 Å². The molecule has 0 aliphatic heterocycles. The normalized spacial score (nSPS) is 13.6. The van der Waals surface area contributed by atoms with Gasteiger partial charge in [-0.05, 0) is 24.6 Å². The number of hydrogen-bond donors (Lipinski definition) is 1. The Morgan fingerprint density at radius 1 is 1.15 bits per heavy atom. The maximum absolute atomic E-state index is 12.3. The molecule has 2 rings (SSSR count). The van der Waals surface area contributed by atoms with Gasteiger partial charge in [-0.3, -0.25) is 9.78 Å². The number of carbonyl (C=O) groups is 1. The van der Waals surface area contributed by atoms with Crippen LogP contribution in [-0.2, 0) is 0 Å². The first-order valence-corrected chi connectivity index (χ1v) is 6.52. The smallest absolute Gasteiger partial charge is 0.272 e. The van der Waals surface area contributed by atoms with Crippen LogP contribution in [-0.4, -0.2) is 34.0 Å². The Balaban J connectivity index is 2.13. The van der Waals surface area contributed by atoms with Gasteiger partial charge in [0.1, 0.15) is 5.69 Å². The maximum atomic E-state index is 12.3. The summed E-state index contributed by atoms with van der Waals surface area (Å²) in [5, 5.41) is 10.3. The van der Waals surface area contributed by atoms with Crippen LogP contribution in [0.2, 0.25) is 0 Å². The summed E-state index contributed by atoms with van der Waals surface area (Å²) in [4.78, 5) is 17.8. The fraction of sp³-hybridized carbons (Fsp3) is 0.250. The lowest BCUT2D eigenvalue weighted by Gasteiger charge is -2.29. The van der Waals surface area contributed by atoms with Crippen molar-refractivity contribution in [3.63, 3.8) is 0 Å². The quantitative estimate of drug-likeness (QED) is 0.927. The number of amides is 1. The lowest BCUT2D eigenvalue weighted by Crippen LogP contribution is -2.39. The number of aliphatic hydroxyl groups is 1. The minimum absolute atomic E-state index is 0.201. The number of aromatic nitrogens is 1. The summed E-state index contributed by atoms with van der Waals surface area (Å²) in [6.45, 7) is 1.82. The highest BCUT2D eigenvalue weighted by molar-refractivity contribution is 5.92. The van der Waals surface area contributed by atoms with Crippen molar-refractivity contribution >= 4 is 5.91 Å². The van der Waals surface area contributed by atoms with Gasteiger partial charge in [-0.25, -0.2) is 0 Å². The summed E-state index contributed by atoms with van der Waals surface area (Å²) in [5.41, 5.74) is 1.17. The molecule has 1 unspecified atom stereocenters. The van der Waals surface area contributed by atoms with Crippen LogP contribution in [0.15, 0.2) is 54.7 Å². The number of likely N-dealkylation sites (N-methyl/N-ethyl adjacent to an activating group) is 1. The third-order valence-electron chi connectivity index (χ3n) is 3.41. The van der Waals surface area contributed by atoms with Crippen LogP contribution in [0.5, 0.6) is 0 Å². The third-order valence-corrected chi connectivity index (χ3v) is 3.41. The topological polar surface area (TPSA) is 53.4 Å². The van der Waals surface area contributed by atoms with Crippen molar-refractivity contribution in [2.45, 2.75) is 19.1 Å². The molecule has 0 saturated heterocycles. The largest absolute Gasteiger partial charge is 0.386 e. The molecule has 20 heavy (non-hydrogen) atoms. The molecule has 4 nitrogen and oxygen atoms in total. The zero-order chi connectivity index (χ0) is 14.5. The van der Waals surface area contributed by atoms with Gasteiger partial charge in [-0.1, -0.05) is 36.4 Å². The minimum atomic E-state index is -0.728. The molecule has 0 spiro atoms. The monoisotopic (exact) mass is 270 g/mol. The molecule has 0 radical (unpaired) electrons. The van der Waals surface area contributed by atoms with Crippen LogP contribution < -0.4 is 0 Å². The standard InChI is InChI=1S/C16H18N2O2/c1-12(15(19)13-8-4-3-5-9-13)18(2)16(20)14-10-6-7-11-17-14/h3-12,15,19H,1-2H3/t12-,15?/m0/s1. The molecule has 1 amide bonds. The van der Waals surface area contributed by atoms with Gasteiger partial charge in [0.05, 0.1) is 12.1 Å². The fourth-order valence-corrected chi connectivity index (χ4v) is 2.00. The van der Waals surface area contributed by atoms with Gasteiger partial charge in [0.25, 0.3) is 5.91 Å². The first-order valence-electron chi connectivity index (χ1n) is 6.52. The molecule has 1 aromatic carbocycles. The molecule has 0 aliphatic carbocycles. The molecule has 0 saturated carbocycles. The average Bonchev–Trinajstić information content (AvgIpc) is 2.53. The molecular formula is C16H18N2O2. The van der Waals surface area contributed by atoms with Crippen LogP contribution in [0.3, 0.4) is 0 Å². The molecule has 2 atom stereocenters. The highest BCUT2D eigenvalue weighted by atomic mass is 16.3.